The van der Waals surface area contributed by atoms with Crippen molar-refractivity contribution >= 4 is 10.9 Å². The zero-order valence-electron chi connectivity index (χ0n) is 10.6. The van der Waals surface area contributed by atoms with Crippen LogP contribution in [0.15, 0.2) is 24.3 Å². The maximum Gasteiger partial charge on any atom is 0.231 e. The van der Waals surface area contributed by atoms with Gasteiger partial charge in [-0.05, 0) is 12.1 Å². The maximum absolute atomic E-state index is 5.79. The number of nitrogens with zero attached hydrogens (tertiary/aromatic N) is 1. The van der Waals surface area contributed by atoms with Crippen molar-refractivity contribution in [3.05, 3.63) is 30.0 Å². The van der Waals surface area contributed by atoms with E-state index in [0.29, 0.717) is 6.54 Å². The molecule has 0 fully saturated rings. The van der Waals surface area contributed by atoms with E-state index >= 15 is 0 Å². The molecule has 0 spiro atoms. The largest absolute Gasteiger partial charge is 0.454 e. The summed E-state index contributed by atoms with van der Waals surface area (Å²) in [7, 11) is 0. The Morgan fingerprint density at radius 2 is 1.94 bits per heavy atom. The molecule has 0 radical (unpaired) electrons. The summed E-state index contributed by atoms with van der Waals surface area (Å²) in [5.74, 6) is 1.55. The Bertz CT molecular complexity index is 608. The van der Waals surface area contributed by atoms with E-state index in [-0.39, 0.29) is 12.2 Å². The minimum absolute atomic E-state index is 0.120. The molecule has 0 aliphatic carbocycles. The van der Waals surface area contributed by atoms with Crippen molar-refractivity contribution in [3.8, 4) is 11.5 Å². The number of hydrogen-bond acceptors (Lipinski definition) is 4. The molecule has 0 amide bonds. The lowest BCUT2D eigenvalue weighted by Crippen LogP contribution is -2.29. The van der Waals surface area contributed by atoms with Gasteiger partial charge in [0.15, 0.2) is 11.5 Å². The first-order chi connectivity index (χ1) is 8.60. The fourth-order valence-electron chi connectivity index (χ4n) is 1.99. The molecular weight excluding hydrogens is 228 g/mol. The Morgan fingerprint density at radius 3 is 2.67 bits per heavy atom. The van der Waals surface area contributed by atoms with Gasteiger partial charge < -0.3 is 15.2 Å². The minimum Gasteiger partial charge on any atom is -0.454 e. The molecule has 2 heterocycles. The molecule has 4 heteroatoms. The van der Waals surface area contributed by atoms with Crippen molar-refractivity contribution in [1.82, 2.24) is 4.98 Å². The molecule has 0 saturated heterocycles. The van der Waals surface area contributed by atoms with Crippen LogP contribution in [-0.2, 0) is 5.41 Å². The summed E-state index contributed by atoms with van der Waals surface area (Å²) in [5, 5.41) is 1.05. The van der Waals surface area contributed by atoms with Gasteiger partial charge in [-0.25, -0.2) is 0 Å². The highest BCUT2D eigenvalue weighted by Crippen LogP contribution is 2.36. The van der Waals surface area contributed by atoms with Crippen molar-refractivity contribution in [3.63, 3.8) is 0 Å². The van der Waals surface area contributed by atoms with Gasteiger partial charge in [0.2, 0.25) is 6.79 Å². The van der Waals surface area contributed by atoms with Crippen LogP contribution in [0.25, 0.3) is 10.9 Å². The van der Waals surface area contributed by atoms with Crippen LogP contribution < -0.4 is 15.2 Å². The Balaban J connectivity index is 2.15. The molecule has 0 atom stereocenters. The van der Waals surface area contributed by atoms with Crippen LogP contribution in [0, 0.1) is 0 Å². The molecule has 1 aliphatic heterocycles. The average molecular weight is 244 g/mol. The molecule has 2 N–H and O–H groups in total. The topological polar surface area (TPSA) is 57.4 Å². The zero-order valence-corrected chi connectivity index (χ0v) is 10.6. The number of hydrogen-bond donors (Lipinski definition) is 1. The first-order valence-corrected chi connectivity index (χ1v) is 6.01. The molecule has 1 aromatic carbocycles. The molecule has 4 nitrogen and oxygen atoms in total. The number of rotatable bonds is 2. The lowest BCUT2D eigenvalue weighted by molar-refractivity contribution is 0.174. The van der Waals surface area contributed by atoms with Crippen molar-refractivity contribution < 1.29 is 9.47 Å². The van der Waals surface area contributed by atoms with Gasteiger partial charge in [0, 0.05) is 29.1 Å². The molecule has 94 valence electrons. The SMILES string of the molecule is CC(C)(CN)c1ccc2cc3c(cc2n1)OCO3. The minimum atomic E-state index is -0.120. The predicted octanol–water partition coefficient (Wildman–Crippen LogP) is 2.20. The van der Waals surface area contributed by atoms with Crippen LogP contribution in [0.1, 0.15) is 19.5 Å². The number of fused-ring (bicyclic) bond motifs is 2. The third-order valence-electron chi connectivity index (χ3n) is 3.39. The number of aromatic nitrogens is 1. The maximum atomic E-state index is 5.79. The van der Waals surface area contributed by atoms with Crippen LogP contribution >= 0.6 is 0 Å². The van der Waals surface area contributed by atoms with Crippen molar-refractivity contribution in [2.45, 2.75) is 19.3 Å². The van der Waals surface area contributed by atoms with E-state index in [0.717, 1.165) is 28.1 Å². The Labute approximate surface area is 106 Å². The molecule has 0 bridgehead atoms. The molecule has 2 aromatic rings. The molecule has 3 rings (SSSR count). The number of benzene rings is 1. The third kappa shape index (κ3) is 1.69. The van der Waals surface area contributed by atoms with E-state index in [1.165, 1.54) is 0 Å². The van der Waals surface area contributed by atoms with Gasteiger partial charge in [-0.3, -0.25) is 4.98 Å². The van der Waals surface area contributed by atoms with Gasteiger partial charge in [0.1, 0.15) is 0 Å². The summed E-state index contributed by atoms with van der Waals surface area (Å²) in [4.78, 5) is 4.68. The normalized spacial score (nSPS) is 14.2. The summed E-state index contributed by atoms with van der Waals surface area (Å²) in [5.41, 5.74) is 7.58. The number of nitrogens with two attached hydrogens (primary N) is 1. The molecule has 1 aliphatic rings. The average Bonchev–Trinajstić information content (AvgIpc) is 2.82. The van der Waals surface area contributed by atoms with Gasteiger partial charge in [-0.1, -0.05) is 19.9 Å². The molecule has 1 aromatic heterocycles. The second-order valence-electron chi connectivity index (χ2n) is 5.18. The van der Waals surface area contributed by atoms with Gasteiger partial charge in [0.05, 0.1) is 5.52 Å². The highest BCUT2D eigenvalue weighted by atomic mass is 16.7. The van der Waals surface area contributed by atoms with Crippen molar-refractivity contribution in [2.24, 2.45) is 5.73 Å². The zero-order chi connectivity index (χ0) is 12.8. The smallest absolute Gasteiger partial charge is 0.231 e. The summed E-state index contributed by atoms with van der Waals surface area (Å²) >= 11 is 0. The lowest BCUT2D eigenvalue weighted by Gasteiger charge is -2.21. The van der Waals surface area contributed by atoms with E-state index in [4.69, 9.17) is 15.2 Å². The van der Waals surface area contributed by atoms with Crippen LogP contribution in [0.3, 0.4) is 0 Å². The fourth-order valence-corrected chi connectivity index (χ4v) is 1.99. The van der Waals surface area contributed by atoms with Crippen LogP contribution in [0.5, 0.6) is 11.5 Å². The van der Waals surface area contributed by atoms with Crippen LogP contribution in [0.4, 0.5) is 0 Å². The molecule has 0 unspecified atom stereocenters. The molecular formula is C14H16N2O2. The predicted molar refractivity (Wildman–Crippen MR) is 69.9 cm³/mol. The van der Waals surface area contributed by atoms with E-state index in [1.807, 2.05) is 18.2 Å². The van der Waals surface area contributed by atoms with E-state index in [9.17, 15) is 0 Å². The van der Waals surface area contributed by atoms with Crippen LogP contribution in [-0.4, -0.2) is 18.3 Å². The van der Waals surface area contributed by atoms with Gasteiger partial charge in [-0.15, -0.1) is 0 Å². The first-order valence-electron chi connectivity index (χ1n) is 6.01. The first kappa shape index (κ1) is 11.3. The van der Waals surface area contributed by atoms with Gasteiger partial charge in [-0.2, -0.15) is 0 Å². The van der Waals surface area contributed by atoms with E-state index in [1.54, 1.807) is 0 Å². The van der Waals surface area contributed by atoms with Crippen LogP contribution in [0.2, 0.25) is 0 Å². The van der Waals surface area contributed by atoms with Gasteiger partial charge >= 0.3 is 0 Å². The second-order valence-corrected chi connectivity index (χ2v) is 5.18. The highest BCUT2D eigenvalue weighted by Gasteiger charge is 2.21. The van der Waals surface area contributed by atoms with E-state index in [2.05, 4.69) is 24.9 Å². The highest BCUT2D eigenvalue weighted by molar-refractivity contribution is 5.83. The second kappa shape index (κ2) is 3.85. The molecule has 18 heavy (non-hydrogen) atoms. The Kier molecular flexibility index (Phi) is 2.41. The summed E-state index contributed by atoms with van der Waals surface area (Å²) in [6.07, 6.45) is 0. The fraction of sp³-hybridized carbons (Fsp3) is 0.357. The molecule has 0 saturated carbocycles. The van der Waals surface area contributed by atoms with E-state index < -0.39 is 0 Å². The Hall–Kier alpha value is -1.81. The Morgan fingerprint density at radius 1 is 1.22 bits per heavy atom. The third-order valence-corrected chi connectivity index (χ3v) is 3.39. The summed E-state index contributed by atoms with van der Waals surface area (Å²) in [6, 6.07) is 7.96. The quantitative estimate of drug-likeness (QED) is 0.879. The lowest BCUT2D eigenvalue weighted by atomic mass is 9.89. The summed E-state index contributed by atoms with van der Waals surface area (Å²) < 4.78 is 10.7. The van der Waals surface area contributed by atoms with Crippen molar-refractivity contribution in [2.75, 3.05) is 13.3 Å². The number of pyridine rings is 1. The number of ether oxygens (including phenoxy) is 2. The van der Waals surface area contributed by atoms with Gasteiger partial charge in [0.25, 0.3) is 0 Å². The van der Waals surface area contributed by atoms with Crippen molar-refractivity contribution in [1.29, 1.82) is 0 Å². The summed E-state index contributed by atoms with van der Waals surface area (Å²) in [6.45, 7) is 5.03. The standard InChI is InChI=1S/C14H16N2O2/c1-14(2,7-15)13-4-3-9-5-11-12(18-8-17-11)6-10(9)16-13/h3-6H,7-8,15H2,1-2H3. The monoisotopic (exact) mass is 244 g/mol.